The van der Waals surface area contributed by atoms with Crippen LogP contribution in [0.5, 0.6) is 0 Å². The van der Waals surface area contributed by atoms with Crippen LogP contribution < -0.4 is 0 Å². The van der Waals surface area contributed by atoms with Crippen LogP contribution in [-0.4, -0.2) is 23.9 Å². The molecular formula is C12H21NO. The first-order chi connectivity index (χ1) is 6.77. The second-order valence-electron chi connectivity index (χ2n) is 3.85. The Morgan fingerprint density at radius 1 is 1.43 bits per heavy atom. The number of rotatable bonds is 2. The summed E-state index contributed by atoms with van der Waals surface area (Å²) in [4.78, 5) is 13.1. The summed E-state index contributed by atoms with van der Waals surface area (Å²) in [6, 6.07) is 0. The molecule has 0 spiro atoms. The average molecular weight is 195 g/mol. The summed E-state index contributed by atoms with van der Waals surface area (Å²) in [6.45, 7) is 11.7. The molecule has 14 heavy (non-hydrogen) atoms. The van der Waals surface area contributed by atoms with E-state index >= 15 is 0 Å². The smallest absolute Gasteiger partial charge is 0.245 e. The average Bonchev–Trinajstić information content (AvgIpc) is 2.72. The van der Waals surface area contributed by atoms with E-state index in [-0.39, 0.29) is 5.91 Å². The van der Waals surface area contributed by atoms with Gasteiger partial charge in [-0.05, 0) is 23.8 Å². The Hall–Kier alpha value is -0.790. The van der Waals surface area contributed by atoms with E-state index in [1.54, 1.807) is 0 Å². The fourth-order valence-electron chi connectivity index (χ4n) is 2.56. The van der Waals surface area contributed by atoms with Gasteiger partial charge < -0.3 is 4.90 Å². The molecule has 1 saturated heterocycles. The van der Waals surface area contributed by atoms with Crippen LogP contribution in [0.3, 0.4) is 0 Å². The summed E-state index contributed by atoms with van der Waals surface area (Å²) in [5, 5.41) is 0. The van der Waals surface area contributed by atoms with Gasteiger partial charge in [-0.1, -0.05) is 33.8 Å². The van der Waals surface area contributed by atoms with E-state index in [2.05, 4.69) is 13.5 Å². The second kappa shape index (κ2) is 4.63. The molecule has 80 valence electrons. The maximum Gasteiger partial charge on any atom is 0.245 e. The molecule has 2 rings (SSSR count). The number of likely N-dealkylation sites (tertiary alicyclic amines) is 1. The monoisotopic (exact) mass is 195 g/mol. The van der Waals surface area contributed by atoms with Gasteiger partial charge in [0.25, 0.3) is 0 Å². The highest BCUT2D eigenvalue weighted by molar-refractivity contribution is 5.87. The molecule has 0 N–H and O–H groups in total. The van der Waals surface area contributed by atoms with Gasteiger partial charge in [-0.3, -0.25) is 4.79 Å². The predicted molar refractivity (Wildman–Crippen MR) is 58.9 cm³/mol. The normalized spacial score (nSPS) is 32.8. The van der Waals surface area contributed by atoms with Crippen LogP contribution in [-0.2, 0) is 4.79 Å². The molecule has 0 aromatic heterocycles. The van der Waals surface area contributed by atoms with E-state index < -0.39 is 0 Å². The van der Waals surface area contributed by atoms with E-state index in [0.29, 0.717) is 0 Å². The first-order valence-electron chi connectivity index (χ1n) is 5.69. The molecule has 2 unspecified atom stereocenters. The Balaban J connectivity index is 0.000000461. The lowest BCUT2D eigenvalue weighted by Crippen LogP contribution is -2.29. The van der Waals surface area contributed by atoms with Gasteiger partial charge in [-0.2, -0.15) is 0 Å². The lowest BCUT2D eigenvalue weighted by molar-refractivity contribution is -0.125. The summed E-state index contributed by atoms with van der Waals surface area (Å²) in [5.41, 5.74) is 0. The number of carbonyl (C=O) groups excluding carboxylic acids is 1. The van der Waals surface area contributed by atoms with Gasteiger partial charge in [0.15, 0.2) is 0 Å². The Bertz CT molecular complexity index is 212. The molecule has 0 aromatic carbocycles. The van der Waals surface area contributed by atoms with Crippen LogP contribution in [0, 0.1) is 17.8 Å². The molecule has 1 amide bonds. The Labute approximate surface area is 87.0 Å². The number of amides is 1. The minimum atomic E-state index is 0.108. The van der Waals surface area contributed by atoms with Crippen molar-refractivity contribution in [3.63, 3.8) is 0 Å². The zero-order valence-corrected chi connectivity index (χ0v) is 9.49. The molecule has 0 aromatic rings. The van der Waals surface area contributed by atoms with Gasteiger partial charge >= 0.3 is 0 Å². The summed E-state index contributed by atoms with van der Waals surface area (Å²) >= 11 is 0. The van der Waals surface area contributed by atoms with E-state index in [9.17, 15) is 4.79 Å². The molecule has 2 atom stereocenters. The predicted octanol–water partition coefficient (Wildman–Crippen LogP) is 2.31. The van der Waals surface area contributed by atoms with Gasteiger partial charge in [-0.25, -0.2) is 0 Å². The molecule has 2 heteroatoms. The molecule has 2 aliphatic rings. The van der Waals surface area contributed by atoms with Crippen molar-refractivity contribution in [3.05, 3.63) is 12.7 Å². The molecule has 2 fully saturated rings. The lowest BCUT2D eigenvalue weighted by atomic mass is 10.2. The Kier molecular flexibility index (Phi) is 3.73. The molecule has 1 heterocycles. The highest BCUT2D eigenvalue weighted by Crippen LogP contribution is 2.53. The number of hydrogen-bond donors (Lipinski definition) is 0. The largest absolute Gasteiger partial charge is 0.339 e. The molecule has 1 aliphatic heterocycles. The van der Waals surface area contributed by atoms with Gasteiger partial charge in [-0.15, -0.1) is 0 Å². The van der Waals surface area contributed by atoms with Crippen molar-refractivity contribution in [2.45, 2.75) is 27.2 Å². The lowest BCUT2D eigenvalue weighted by Gasteiger charge is -2.17. The molecule has 1 aliphatic carbocycles. The maximum atomic E-state index is 11.2. The van der Waals surface area contributed by atoms with Crippen LogP contribution in [0.1, 0.15) is 27.2 Å². The van der Waals surface area contributed by atoms with E-state index in [0.717, 1.165) is 30.8 Å². The number of hydrogen-bond acceptors (Lipinski definition) is 1. The standard InChI is InChI=1S/C10H15NO.C2H6/c1-3-7-8-5-11(6-9(7)8)10(12)4-2;1-2/h4,7-9H,2-3,5-6H2,1H3;1-2H3. The van der Waals surface area contributed by atoms with Crippen molar-refractivity contribution in [1.29, 1.82) is 0 Å². The molecule has 1 saturated carbocycles. The summed E-state index contributed by atoms with van der Waals surface area (Å²) < 4.78 is 0. The summed E-state index contributed by atoms with van der Waals surface area (Å²) in [6.07, 6.45) is 2.71. The fraction of sp³-hybridized carbons (Fsp3) is 0.750. The van der Waals surface area contributed by atoms with Crippen molar-refractivity contribution in [2.75, 3.05) is 13.1 Å². The Morgan fingerprint density at radius 2 is 1.93 bits per heavy atom. The van der Waals surface area contributed by atoms with Crippen molar-refractivity contribution >= 4 is 5.91 Å². The number of fused-ring (bicyclic) bond motifs is 1. The van der Waals surface area contributed by atoms with Crippen LogP contribution in [0.15, 0.2) is 12.7 Å². The van der Waals surface area contributed by atoms with Gasteiger partial charge in [0.05, 0.1) is 0 Å². The molecule has 0 bridgehead atoms. The van der Waals surface area contributed by atoms with Crippen LogP contribution in [0.25, 0.3) is 0 Å². The van der Waals surface area contributed by atoms with Gasteiger partial charge in [0.2, 0.25) is 5.91 Å². The number of piperidine rings is 1. The van der Waals surface area contributed by atoms with Crippen molar-refractivity contribution in [3.8, 4) is 0 Å². The SMILES string of the molecule is C=CC(=O)N1CC2C(CC)C2C1.CC. The summed E-state index contributed by atoms with van der Waals surface area (Å²) in [5.74, 6) is 2.66. The Morgan fingerprint density at radius 3 is 2.29 bits per heavy atom. The van der Waals surface area contributed by atoms with E-state index in [1.807, 2.05) is 18.7 Å². The topological polar surface area (TPSA) is 20.3 Å². The summed E-state index contributed by atoms with van der Waals surface area (Å²) in [7, 11) is 0. The van der Waals surface area contributed by atoms with Crippen LogP contribution in [0.2, 0.25) is 0 Å². The van der Waals surface area contributed by atoms with Crippen molar-refractivity contribution < 1.29 is 4.79 Å². The van der Waals surface area contributed by atoms with Crippen LogP contribution >= 0.6 is 0 Å². The number of nitrogens with zero attached hydrogens (tertiary/aromatic N) is 1. The maximum absolute atomic E-state index is 11.2. The second-order valence-corrected chi connectivity index (χ2v) is 3.85. The first kappa shape index (κ1) is 11.3. The zero-order chi connectivity index (χ0) is 10.7. The third kappa shape index (κ3) is 1.84. The highest BCUT2D eigenvalue weighted by atomic mass is 16.2. The first-order valence-corrected chi connectivity index (χ1v) is 5.69. The van der Waals surface area contributed by atoms with Crippen molar-refractivity contribution in [2.24, 2.45) is 17.8 Å². The zero-order valence-electron chi connectivity index (χ0n) is 9.49. The fourth-order valence-corrected chi connectivity index (χ4v) is 2.56. The minimum Gasteiger partial charge on any atom is -0.339 e. The van der Waals surface area contributed by atoms with E-state index in [1.165, 1.54) is 12.5 Å². The molecule has 2 nitrogen and oxygen atoms in total. The number of carbonyl (C=O) groups is 1. The van der Waals surface area contributed by atoms with Crippen LogP contribution in [0.4, 0.5) is 0 Å². The van der Waals surface area contributed by atoms with Gasteiger partial charge in [0, 0.05) is 13.1 Å². The minimum absolute atomic E-state index is 0.108. The molecule has 0 radical (unpaired) electrons. The van der Waals surface area contributed by atoms with Gasteiger partial charge in [0.1, 0.15) is 0 Å². The van der Waals surface area contributed by atoms with E-state index in [4.69, 9.17) is 0 Å². The third-order valence-electron chi connectivity index (χ3n) is 3.33. The highest BCUT2D eigenvalue weighted by Gasteiger charge is 2.54. The van der Waals surface area contributed by atoms with Crippen molar-refractivity contribution in [1.82, 2.24) is 4.90 Å². The third-order valence-corrected chi connectivity index (χ3v) is 3.33. The quantitative estimate of drug-likeness (QED) is 0.619. The molecular weight excluding hydrogens is 174 g/mol.